The molecule has 0 spiro atoms. The van der Waals surface area contributed by atoms with Gasteiger partial charge < -0.3 is 14.5 Å². The number of fused-ring (bicyclic) bond motifs is 1. The van der Waals surface area contributed by atoms with E-state index in [4.69, 9.17) is 4.74 Å². The Hall–Kier alpha value is -2.83. The van der Waals surface area contributed by atoms with E-state index in [1.165, 1.54) is 0 Å². The first-order valence-electron chi connectivity index (χ1n) is 8.33. The van der Waals surface area contributed by atoms with Crippen molar-refractivity contribution in [1.29, 1.82) is 0 Å². The Morgan fingerprint density at radius 1 is 1.32 bits per heavy atom. The maximum absolute atomic E-state index is 12.5. The first kappa shape index (κ1) is 17.0. The molecular weight excluding hydrogens is 320 g/mol. The van der Waals surface area contributed by atoms with Gasteiger partial charge in [-0.3, -0.25) is 9.69 Å². The highest BCUT2D eigenvalue weighted by atomic mass is 16.5. The Balaban J connectivity index is 1.72. The molecule has 0 N–H and O–H groups in total. The fourth-order valence-corrected chi connectivity index (χ4v) is 2.67. The molecule has 0 saturated heterocycles. The fraction of sp³-hybridized carbons (Fsp3) is 0.389. The van der Waals surface area contributed by atoms with Crippen LogP contribution in [-0.4, -0.2) is 59.3 Å². The Morgan fingerprint density at radius 3 is 2.80 bits per heavy atom. The van der Waals surface area contributed by atoms with Crippen LogP contribution in [0.25, 0.3) is 0 Å². The number of hydrogen-bond donors (Lipinski definition) is 0. The van der Waals surface area contributed by atoms with Crippen LogP contribution in [0.4, 0.5) is 4.79 Å². The van der Waals surface area contributed by atoms with Gasteiger partial charge in [-0.2, -0.15) is 0 Å². The molecule has 132 valence electrons. The number of aryl methyl sites for hydroxylation is 1. The van der Waals surface area contributed by atoms with Crippen LogP contribution in [-0.2, 0) is 16.1 Å². The predicted molar refractivity (Wildman–Crippen MR) is 93.6 cm³/mol. The van der Waals surface area contributed by atoms with Gasteiger partial charge in [-0.05, 0) is 25.0 Å². The number of hydrogen-bond acceptors (Lipinski definition) is 4. The molecule has 2 aliphatic rings. The van der Waals surface area contributed by atoms with Crippen LogP contribution < -0.4 is 0 Å². The molecule has 0 saturated carbocycles. The van der Waals surface area contributed by atoms with E-state index in [1.807, 2.05) is 38.1 Å². The van der Waals surface area contributed by atoms with Crippen LogP contribution in [0.15, 0.2) is 41.2 Å². The number of nitrogens with zero attached hydrogens (tertiary/aromatic N) is 4. The Bertz CT molecular complexity index is 756. The summed E-state index contributed by atoms with van der Waals surface area (Å²) < 4.78 is 5.52. The summed E-state index contributed by atoms with van der Waals surface area (Å²) in [5, 5.41) is 0. The van der Waals surface area contributed by atoms with Crippen molar-refractivity contribution < 1.29 is 14.3 Å². The van der Waals surface area contributed by atoms with E-state index < -0.39 is 0 Å². The highest BCUT2D eigenvalue weighted by Gasteiger charge is 2.32. The van der Waals surface area contributed by atoms with Crippen molar-refractivity contribution in [2.24, 2.45) is 4.99 Å². The molecule has 0 fully saturated rings. The van der Waals surface area contributed by atoms with Gasteiger partial charge in [0, 0.05) is 33.2 Å². The normalized spacial score (nSPS) is 16.7. The van der Waals surface area contributed by atoms with Crippen molar-refractivity contribution in [2.45, 2.75) is 20.4 Å². The van der Waals surface area contributed by atoms with Crippen molar-refractivity contribution >= 4 is 18.0 Å². The predicted octanol–water partition coefficient (Wildman–Crippen LogP) is 1.94. The minimum absolute atomic E-state index is 0.171. The monoisotopic (exact) mass is 342 g/mol. The average Bonchev–Trinajstić information content (AvgIpc) is 2.95. The van der Waals surface area contributed by atoms with Gasteiger partial charge in [-0.1, -0.05) is 24.3 Å². The van der Waals surface area contributed by atoms with E-state index in [0.29, 0.717) is 26.2 Å². The third-order valence-electron chi connectivity index (χ3n) is 4.45. The topological polar surface area (TPSA) is 65.5 Å². The quantitative estimate of drug-likeness (QED) is 0.839. The van der Waals surface area contributed by atoms with E-state index in [-0.39, 0.29) is 23.7 Å². The van der Waals surface area contributed by atoms with Crippen LogP contribution in [0.1, 0.15) is 18.1 Å². The number of ether oxygens (including phenoxy) is 1. The summed E-state index contributed by atoms with van der Waals surface area (Å²) in [5.41, 5.74) is 2.23. The molecular formula is C18H22N4O3. The molecule has 0 bridgehead atoms. The van der Waals surface area contributed by atoms with Crippen LogP contribution >= 0.6 is 0 Å². The number of benzene rings is 1. The lowest BCUT2D eigenvalue weighted by Gasteiger charge is -2.20. The number of carbonyl (C=O) groups is 2. The fourth-order valence-electron chi connectivity index (χ4n) is 2.67. The summed E-state index contributed by atoms with van der Waals surface area (Å²) in [6.45, 7) is 6.03. The lowest BCUT2D eigenvalue weighted by atomic mass is 10.1. The summed E-state index contributed by atoms with van der Waals surface area (Å²) in [6.07, 6.45) is 1.62. The molecule has 0 aromatic heterocycles. The molecule has 2 aliphatic heterocycles. The first-order chi connectivity index (χ1) is 12.0. The van der Waals surface area contributed by atoms with E-state index in [9.17, 15) is 9.59 Å². The van der Waals surface area contributed by atoms with Crippen molar-refractivity contribution in [3.63, 3.8) is 0 Å². The number of rotatable bonds is 4. The molecule has 2 heterocycles. The second-order valence-electron chi connectivity index (χ2n) is 6.13. The molecule has 7 nitrogen and oxygen atoms in total. The third kappa shape index (κ3) is 3.50. The molecule has 0 unspecified atom stereocenters. The third-order valence-corrected chi connectivity index (χ3v) is 4.45. The van der Waals surface area contributed by atoms with Crippen LogP contribution in [0.3, 0.4) is 0 Å². The summed E-state index contributed by atoms with van der Waals surface area (Å²) in [4.78, 5) is 33.6. The molecule has 1 aromatic carbocycles. The summed E-state index contributed by atoms with van der Waals surface area (Å²) >= 11 is 0. The van der Waals surface area contributed by atoms with Crippen LogP contribution in [0.2, 0.25) is 0 Å². The van der Waals surface area contributed by atoms with E-state index in [0.717, 1.165) is 11.1 Å². The summed E-state index contributed by atoms with van der Waals surface area (Å²) in [5.74, 6) is -0.0225. The zero-order valence-electron chi connectivity index (χ0n) is 14.7. The number of urea groups is 1. The molecule has 0 atom stereocenters. The zero-order chi connectivity index (χ0) is 18.0. The lowest BCUT2D eigenvalue weighted by molar-refractivity contribution is -0.127. The Kier molecular flexibility index (Phi) is 4.74. The summed E-state index contributed by atoms with van der Waals surface area (Å²) in [7, 11) is 1.70. The molecule has 7 heteroatoms. The first-order valence-corrected chi connectivity index (χ1v) is 8.33. The van der Waals surface area contributed by atoms with Gasteiger partial charge in [0.25, 0.3) is 5.91 Å². The Labute approximate surface area is 147 Å². The van der Waals surface area contributed by atoms with Gasteiger partial charge in [0.15, 0.2) is 0 Å². The maximum atomic E-state index is 12.5. The number of aliphatic imine (C=N–C) groups is 1. The maximum Gasteiger partial charge on any atom is 0.348 e. The number of amidine groups is 1. The van der Waals surface area contributed by atoms with Crippen LogP contribution in [0, 0.1) is 6.92 Å². The second-order valence-corrected chi connectivity index (χ2v) is 6.13. The van der Waals surface area contributed by atoms with E-state index in [2.05, 4.69) is 4.99 Å². The lowest BCUT2D eigenvalue weighted by Crippen LogP contribution is -2.32. The van der Waals surface area contributed by atoms with Crippen molar-refractivity contribution in [2.75, 3.05) is 26.7 Å². The molecule has 3 amide bonds. The number of amides is 3. The largest absolute Gasteiger partial charge is 0.418 e. The van der Waals surface area contributed by atoms with Gasteiger partial charge in [-0.25, -0.2) is 4.79 Å². The van der Waals surface area contributed by atoms with Gasteiger partial charge in [0.1, 0.15) is 0 Å². The molecule has 0 aliphatic carbocycles. The number of carbonyl (C=O) groups excluding carboxylic acids is 2. The molecule has 25 heavy (non-hydrogen) atoms. The summed E-state index contributed by atoms with van der Waals surface area (Å²) in [6, 6.07) is 7.79. The van der Waals surface area contributed by atoms with Gasteiger partial charge in [-0.15, -0.1) is 4.99 Å². The average molecular weight is 342 g/mol. The van der Waals surface area contributed by atoms with Gasteiger partial charge >= 0.3 is 12.1 Å². The minimum atomic E-state index is -0.355. The van der Waals surface area contributed by atoms with Gasteiger partial charge in [0.05, 0.1) is 6.20 Å². The number of likely N-dealkylation sites (N-methyl/N-ethyl adjacent to an activating group) is 1. The van der Waals surface area contributed by atoms with Gasteiger partial charge in [0.2, 0.25) is 5.76 Å². The smallest absolute Gasteiger partial charge is 0.348 e. The minimum Gasteiger partial charge on any atom is -0.418 e. The highest BCUT2D eigenvalue weighted by Crippen LogP contribution is 2.20. The standard InChI is InChI=1S/C18H22N4O3/c1-4-20(3)16(23)15-12-22-10-9-21(17(24)19-18(22)25-15)11-14-8-6-5-7-13(14)2/h5-8,12H,4,9-11H2,1-3H3. The molecule has 1 aromatic rings. The highest BCUT2D eigenvalue weighted by molar-refractivity contribution is 5.99. The SMILES string of the molecule is CCN(C)C(=O)C1=CN2CCN(Cc3ccccc3C)C(=O)N=C2O1. The van der Waals surface area contributed by atoms with Crippen molar-refractivity contribution in [3.8, 4) is 0 Å². The van der Waals surface area contributed by atoms with Crippen molar-refractivity contribution in [1.82, 2.24) is 14.7 Å². The van der Waals surface area contributed by atoms with Crippen LogP contribution in [0.5, 0.6) is 0 Å². The zero-order valence-corrected chi connectivity index (χ0v) is 14.7. The second kappa shape index (κ2) is 6.96. The Morgan fingerprint density at radius 2 is 2.08 bits per heavy atom. The molecule has 0 radical (unpaired) electrons. The van der Waals surface area contributed by atoms with Crippen molar-refractivity contribution in [3.05, 3.63) is 47.4 Å². The van der Waals surface area contributed by atoms with E-state index in [1.54, 1.807) is 27.9 Å². The molecule has 3 rings (SSSR count). The van der Waals surface area contributed by atoms with E-state index >= 15 is 0 Å².